The molecular weight excluding hydrogens is 306 g/mol. The minimum atomic E-state index is -0.293. The molecule has 2 nitrogen and oxygen atoms in total. The number of hydrogen-bond acceptors (Lipinski definition) is 2. The van der Waals surface area contributed by atoms with Gasteiger partial charge in [-0.3, -0.25) is 9.69 Å². The van der Waals surface area contributed by atoms with E-state index in [-0.39, 0.29) is 5.41 Å². The summed E-state index contributed by atoms with van der Waals surface area (Å²) in [6.45, 7) is 6.94. The van der Waals surface area contributed by atoms with Gasteiger partial charge in [0.1, 0.15) is 5.78 Å². The van der Waals surface area contributed by atoms with E-state index in [1.807, 2.05) is 0 Å². The lowest BCUT2D eigenvalue weighted by atomic mass is 9.68. The van der Waals surface area contributed by atoms with Crippen molar-refractivity contribution in [3.05, 3.63) is 71.3 Å². The molecular formula is C23H29NO. The van der Waals surface area contributed by atoms with E-state index in [1.165, 1.54) is 16.7 Å². The van der Waals surface area contributed by atoms with Crippen LogP contribution in [-0.2, 0) is 23.2 Å². The van der Waals surface area contributed by atoms with E-state index in [9.17, 15) is 4.79 Å². The molecule has 1 fully saturated rings. The standard InChI is InChI=1S/C23H29NO/c1-3-9-21-12-7-8-13-22(21)23(19(2)25)14-16-24(17-15-23)18-20-10-5-4-6-11-20/h4-8,10-13H,3,9,14-18H2,1-2H3. The number of carbonyl (C=O) groups is 1. The van der Waals surface area contributed by atoms with Gasteiger partial charge in [-0.2, -0.15) is 0 Å². The monoisotopic (exact) mass is 335 g/mol. The summed E-state index contributed by atoms with van der Waals surface area (Å²) in [5.41, 5.74) is 3.70. The largest absolute Gasteiger partial charge is 0.299 e. The van der Waals surface area contributed by atoms with Crippen molar-refractivity contribution in [2.75, 3.05) is 13.1 Å². The molecule has 1 saturated heterocycles. The SMILES string of the molecule is CCCc1ccccc1C1(C(C)=O)CCN(Cc2ccccc2)CC1. The smallest absolute Gasteiger partial charge is 0.140 e. The molecule has 0 amide bonds. The van der Waals surface area contributed by atoms with E-state index in [0.717, 1.165) is 45.3 Å². The molecule has 0 aromatic heterocycles. The molecule has 1 aliphatic heterocycles. The highest BCUT2D eigenvalue weighted by atomic mass is 16.1. The fourth-order valence-electron chi connectivity index (χ4n) is 4.22. The second kappa shape index (κ2) is 7.97. The number of rotatable bonds is 6. The van der Waals surface area contributed by atoms with Crippen molar-refractivity contribution in [3.8, 4) is 0 Å². The lowest BCUT2D eigenvalue weighted by Gasteiger charge is -2.41. The molecule has 2 heteroatoms. The summed E-state index contributed by atoms with van der Waals surface area (Å²) in [7, 11) is 0. The zero-order valence-corrected chi connectivity index (χ0v) is 15.5. The van der Waals surface area contributed by atoms with Crippen molar-refractivity contribution in [2.45, 2.75) is 51.5 Å². The maximum Gasteiger partial charge on any atom is 0.140 e. The first kappa shape index (κ1) is 17.9. The summed E-state index contributed by atoms with van der Waals surface area (Å²) in [5.74, 6) is 0.329. The highest BCUT2D eigenvalue weighted by Crippen LogP contribution is 2.39. The third-order valence-electron chi connectivity index (χ3n) is 5.68. The van der Waals surface area contributed by atoms with Crippen LogP contribution in [0, 0.1) is 0 Å². The zero-order chi connectivity index (χ0) is 17.7. The Morgan fingerprint density at radius 3 is 2.28 bits per heavy atom. The van der Waals surface area contributed by atoms with Gasteiger partial charge in [0.05, 0.1) is 5.41 Å². The maximum absolute atomic E-state index is 12.7. The van der Waals surface area contributed by atoms with Gasteiger partial charge < -0.3 is 0 Å². The fraction of sp³-hybridized carbons (Fsp3) is 0.435. The highest BCUT2D eigenvalue weighted by molar-refractivity contribution is 5.88. The van der Waals surface area contributed by atoms with E-state index in [4.69, 9.17) is 0 Å². The van der Waals surface area contributed by atoms with Crippen LogP contribution in [0.2, 0.25) is 0 Å². The Kier molecular flexibility index (Phi) is 5.70. The summed E-state index contributed by atoms with van der Waals surface area (Å²) in [4.78, 5) is 15.2. The summed E-state index contributed by atoms with van der Waals surface area (Å²) in [5, 5.41) is 0. The van der Waals surface area contributed by atoms with Gasteiger partial charge in [0, 0.05) is 6.54 Å². The van der Waals surface area contributed by atoms with Crippen LogP contribution in [0.25, 0.3) is 0 Å². The molecule has 0 unspecified atom stereocenters. The predicted molar refractivity (Wildman–Crippen MR) is 104 cm³/mol. The average molecular weight is 335 g/mol. The molecule has 0 saturated carbocycles. The van der Waals surface area contributed by atoms with Crippen LogP contribution >= 0.6 is 0 Å². The van der Waals surface area contributed by atoms with Gasteiger partial charge in [-0.05, 0) is 56.0 Å². The number of Topliss-reactive ketones (excluding diaryl/α,β-unsaturated/α-hetero) is 1. The van der Waals surface area contributed by atoms with Crippen molar-refractivity contribution in [1.29, 1.82) is 0 Å². The molecule has 0 N–H and O–H groups in total. The van der Waals surface area contributed by atoms with Gasteiger partial charge >= 0.3 is 0 Å². The molecule has 2 aromatic rings. The third-order valence-corrected chi connectivity index (χ3v) is 5.68. The van der Waals surface area contributed by atoms with Gasteiger partial charge in [0.2, 0.25) is 0 Å². The van der Waals surface area contributed by atoms with Crippen molar-refractivity contribution in [1.82, 2.24) is 4.90 Å². The Morgan fingerprint density at radius 2 is 1.64 bits per heavy atom. The normalized spacial score (nSPS) is 17.4. The number of likely N-dealkylation sites (tertiary alicyclic amines) is 1. The minimum absolute atomic E-state index is 0.293. The van der Waals surface area contributed by atoms with Crippen LogP contribution in [0.1, 0.15) is 49.8 Å². The molecule has 0 atom stereocenters. The van der Waals surface area contributed by atoms with E-state index in [0.29, 0.717) is 5.78 Å². The number of ketones is 1. The number of hydrogen-bond donors (Lipinski definition) is 0. The van der Waals surface area contributed by atoms with Crippen LogP contribution in [0.15, 0.2) is 54.6 Å². The van der Waals surface area contributed by atoms with Gasteiger partial charge in [0.15, 0.2) is 0 Å². The number of aryl methyl sites for hydroxylation is 1. The first-order valence-electron chi connectivity index (χ1n) is 9.51. The maximum atomic E-state index is 12.7. The number of piperidine rings is 1. The quantitative estimate of drug-likeness (QED) is 0.758. The van der Waals surface area contributed by atoms with Gasteiger partial charge in [-0.25, -0.2) is 0 Å². The number of nitrogens with zero attached hydrogens (tertiary/aromatic N) is 1. The molecule has 2 aromatic carbocycles. The Hall–Kier alpha value is -1.93. The lowest BCUT2D eigenvalue weighted by molar-refractivity contribution is -0.124. The molecule has 25 heavy (non-hydrogen) atoms. The van der Waals surface area contributed by atoms with E-state index in [1.54, 1.807) is 6.92 Å². The molecule has 0 spiro atoms. The van der Waals surface area contributed by atoms with Gasteiger partial charge in [-0.15, -0.1) is 0 Å². The van der Waals surface area contributed by atoms with Gasteiger partial charge in [-0.1, -0.05) is 67.9 Å². The fourth-order valence-corrected chi connectivity index (χ4v) is 4.22. The van der Waals surface area contributed by atoms with Crippen molar-refractivity contribution >= 4 is 5.78 Å². The van der Waals surface area contributed by atoms with Crippen LogP contribution in [-0.4, -0.2) is 23.8 Å². The Morgan fingerprint density at radius 1 is 1.00 bits per heavy atom. The molecule has 132 valence electrons. The van der Waals surface area contributed by atoms with Gasteiger partial charge in [0.25, 0.3) is 0 Å². The molecule has 0 bridgehead atoms. The number of benzene rings is 2. The summed E-state index contributed by atoms with van der Waals surface area (Å²) < 4.78 is 0. The Bertz CT molecular complexity index is 699. The van der Waals surface area contributed by atoms with Crippen LogP contribution in [0.3, 0.4) is 0 Å². The van der Waals surface area contributed by atoms with E-state index in [2.05, 4.69) is 66.4 Å². The van der Waals surface area contributed by atoms with Crippen molar-refractivity contribution < 1.29 is 4.79 Å². The van der Waals surface area contributed by atoms with E-state index < -0.39 is 0 Å². The summed E-state index contributed by atoms with van der Waals surface area (Å²) in [6, 6.07) is 19.2. The molecule has 1 heterocycles. The van der Waals surface area contributed by atoms with Crippen LogP contribution < -0.4 is 0 Å². The van der Waals surface area contributed by atoms with E-state index >= 15 is 0 Å². The predicted octanol–water partition coefficient (Wildman–Crippen LogP) is 4.76. The minimum Gasteiger partial charge on any atom is -0.299 e. The van der Waals surface area contributed by atoms with Crippen molar-refractivity contribution in [3.63, 3.8) is 0 Å². The van der Waals surface area contributed by atoms with Crippen molar-refractivity contribution in [2.24, 2.45) is 0 Å². The third kappa shape index (κ3) is 3.85. The highest BCUT2D eigenvalue weighted by Gasteiger charge is 2.41. The zero-order valence-electron chi connectivity index (χ0n) is 15.5. The average Bonchev–Trinajstić information content (AvgIpc) is 2.64. The molecule has 0 aliphatic carbocycles. The van der Waals surface area contributed by atoms with Crippen LogP contribution in [0.4, 0.5) is 0 Å². The number of carbonyl (C=O) groups excluding carboxylic acids is 1. The second-order valence-electron chi connectivity index (χ2n) is 7.31. The molecule has 0 radical (unpaired) electrons. The molecule has 3 rings (SSSR count). The topological polar surface area (TPSA) is 20.3 Å². The first-order chi connectivity index (χ1) is 12.2. The Labute approximate surface area is 151 Å². The second-order valence-corrected chi connectivity index (χ2v) is 7.31. The first-order valence-corrected chi connectivity index (χ1v) is 9.51. The summed E-state index contributed by atoms with van der Waals surface area (Å²) in [6.07, 6.45) is 4.02. The lowest BCUT2D eigenvalue weighted by Crippen LogP contribution is -2.46. The van der Waals surface area contributed by atoms with Crippen LogP contribution in [0.5, 0.6) is 0 Å². The Balaban J connectivity index is 1.79. The molecule has 1 aliphatic rings. The summed E-state index contributed by atoms with van der Waals surface area (Å²) >= 11 is 0.